The molecule has 1 atom stereocenters. The number of ether oxygens (including phenoxy) is 1. The minimum absolute atomic E-state index is 0.0619. The lowest BCUT2D eigenvalue weighted by atomic mass is 10.1. The van der Waals surface area contributed by atoms with Crippen LogP contribution in [0, 0.1) is 13.8 Å². The molecule has 0 aliphatic heterocycles. The fourth-order valence-electron chi connectivity index (χ4n) is 3.71. The third-order valence-corrected chi connectivity index (χ3v) is 5.51. The van der Waals surface area contributed by atoms with Gasteiger partial charge in [-0.3, -0.25) is 14.2 Å². The van der Waals surface area contributed by atoms with Crippen LogP contribution >= 0.6 is 0 Å². The number of carbonyl (C=O) groups excluding carboxylic acids is 1. The molecule has 0 saturated carbocycles. The Balaban J connectivity index is 1.53. The van der Waals surface area contributed by atoms with E-state index in [1.54, 1.807) is 50.2 Å². The smallest absolute Gasteiger partial charge is 0.416 e. The molecule has 1 N–H and O–H groups in total. The standard InChI is InChI=1S/C26H22F3N3O3/c1-15-13-19(32-17(3)30-23-10-5-4-9-21(23)25(32)34)11-12-22(15)31-24(33)16(2)35-20-8-6-7-18(14-20)26(27,28)29/h4-14,16H,1-3H3,(H,31,33). The second kappa shape index (κ2) is 9.25. The Morgan fingerprint density at radius 3 is 2.49 bits per heavy atom. The Labute approximate surface area is 199 Å². The molecule has 0 spiro atoms. The largest absolute Gasteiger partial charge is 0.481 e. The Kier molecular flexibility index (Phi) is 6.34. The Morgan fingerprint density at radius 1 is 1.03 bits per heavy atom. The molecule has 4 aromatic rings. The third-order valence-electron chi connectivity index (χ3n) is 5.51. The molecule has 1 amide bonds. The minimum atomic E-state index is -4.51. The van der Waals surface area contributed by atoms with Crippen LogP contribution in [0.15, 0.2) is 71.5 Å². The van der Waals surface area contributed by atoms with Gasteiger partial charge in [0.2, 0.25) is 0 Å². The zero-order valence-corrected chi connectivity index (χ0v) is 19.2. The molecule has 0 fully saturated rings. The van der Waals surface area contributed by atoms with Gasteiger partial charge in [0.25, 0.3) is 11.5 Å². The molecule has 3 aromatic carbocycles. The van der Waals surface area contributed by atoms with E-state index < -0.39 is 23.8 Å². The second-order valence-electron chi connectivity index (χ2n) is 8.09. The molecule has 180 valence electrons. The number of nitrogens with one attached hydrogen (secondary N) is 1. The minimum Gasteiger partial charge on any atom is -0.481 e. The van der Waals surface area contributed by atoms with E-state index in [9.17, 15) is 22.8 Å². The number of hydrogen-bond acceptors (Lipinski definition) is 4. The van der Waals surface area contributed by atoms with Crippen molar-refractivity contribution in [2.75, 3.05) is 5.32 Å². The summed E-state index contributed by atoms with van der Waals surface area (Å²) < 4.78 is 45.7. The van der Waals surface area contributed by atoms with Gasteiger partial charge in [0.15, 0.2) is 6.10 Å². The van der Waals surface area contributed by atoms with E-state index in [0.717, 1.165) is 12.1 Å². The van der Waals surface area contributed by atoms with Crippen molar-refractivity contribution in [2.45, 2.75) is 33.1 Å². The number of amides is 1. The van der Waals surface area contributed by atoms with Crippen molar-refractivity contribution in [1.82, 2.24) is 9.55 Å². The van der Waals surface area contributed by atoms with Crippen LogP contribution in [0.3, 0.4) is 0 Å². The summed E-state index contributed by atoms with van der Waals surface area (Å²) in [6.45, 7) is 4.96. The van der Waals surface area contributed by atoms with Gasteiger partial charge in [0.05, 0.1) is 22.2 Å². The molecule has 1 heterocycles. The Morgan fingerprint density at radius 2 is 1.77 bits per heavy atom. The molecule has 1 aromatic heterocycles. The van der Waals surface area contributed by atoms with Gasteiger partial charge in [0, 0.05) is 5.69 Å². The number of halogens is 3. The number of rotatable bonds is 5. The van der Waals surface area contributed by atoms with Crippen LogP contribution in [0.5, 0.6) is 5.75 Å². The molecule has 0 radical (unpaired) electrons. The highest BCUT2D eigenvalue weighted by molar-refractivity contribution is 5.95. The zero-order valence-electron chi connectivity index (χ0n) is 19.2. The maximum absolute atomic E-state index is 13.0. The summed E-state index contributed by atoms with van der Waals surface area (Å²) in [4.78, 5) is 30.2. The van der Waals surface area contributed by atoms with Crippen molar-refractivity contribution in [3.8, 4) is 11.4 Å². The fourth-order valence-corrected chi connectivity index (χ4v) is 3.71. The van der Waals surface area contributed by atoms with Crippen molar-refractivity contribution in [3.05, 3.63) is 94.0 Å². The van der Waals surface area contributed by atoms with Gasteiger partial charge in [-0.1, -0.05) is 18.2 Å². The summed E-state index contributed by atoms with van der Waals surface area (Å²) in [5.74, 6) is -0.0693. The summed E-state index contributed by atoms with van der Waals surface area (Å²) in [5.41, 5.74) is 1.31. The lowest BCUT2D eigenvalue weighted by Crippen LogP contribution is -2.30. The highest BCUT2D eigenvalue weighted by atomic mass is 19.4. The summed E-state index contributed by atoms with van der Waals surface area (Å²) >= 11 is 0. The van der Waals surface area contributed by atoms with E-state index in [2.05, 4.69) is 10.3 Å². The van der Waals surface area contributed by atoms with Gasteiger partial charge in [-0.15, -0.1) is 0 Å². The quantitative estimate of drug-likeness (QED) is 0.413. The summed E-state index contributed by atoms with van der Waals surface area (Å²) in [7, 11) is 0. The monoisotopic (exact) mass is 481 g/mol. The van der Waals surface area contributed by atoms with Crippen LogP contribution in [0.4, 0.5) is 18.9 Å². The molecule has 9 heteroatoms. The summed E-state index contributed by atoms with van der Waals surface area (Å²) in [6.07, 6.45) is -5.56. The van der Waals surface area contributed by atoms with Gasteiger partial charge in [-0.25, -0.2) is 4.98 Å². The van der Waals surface area contributed by atoms with Crippen molar-refractivity contribution >= 4 is 22.5 Å². The van der Waals surface area contributed by atoms with E-state index in [1.807, 2.05) is 6.07 Å². The average Bonchev–Trinajstić information content (AvgIpc) is 2.80. The third kappa shape index (κ3) is 5.03. The van der Waals surface area contributed by atoms with Crippen LogP contribution in [0.25, 0.3) is 16.6 Å². The van der Waals surface area contributed by atoms with Crippen LogP contribution in [0.1, 0.15) is 23.9 Å². The number of anilines is 1. The molecular weight excluding hydrogens is 459 g/mol. The van der Waals surface area contributed by atoms with Gasteiger partial charge < -0.3 is 10.1 Å². The maximum atomic E-state index is 13.0. The number of para-hydroxylation sites is 1. The first-order valence-corrected chi connectivity index (χ1v) is 10.8. The van der Waals surface area contributed by atoms with Gasteiger partial charge >= 0.3 is 6.18 Å². The molecular formula is C26H22F3N3O3. The Bertz CT molecular complexity index is 1480. The lowest BCUT2D eigenvalue weighted by Gasteiger charge is -2.18. The maximum Gasteiger partial charge on any atom is 0.416 e. The van der Waals surface area contributed by atoms with Crippen LogP contribution in [-0.4, -0.2) is 21.6 Å². The highest BCUT2D eigenvalue weighted by Gasteiger charge is 2.31. The molecule has 6 nitrogen and oxygen atoms in total. The van der Waals surface area contributed by atoms with E-state index in [1.165, 1.54) is 23.6 Å². The van der Waals surface area contributed by atoms with Gasteiger partial charge in [-0.05, 0) is 74.9 Å². The number of hydrogen-bond donors (Lipinski definition) is 1. The van der Waals surface area contributed by atoms with Crippen molar-refractivity contribution in [3.63, 3.8) is 0 Å². The number of benzene rings is 3. The molecule has 35 heavy (non-hydrogen) atoms. The second-order valence-corrected chi connectivity index (χ2v) is 8.09. The van der Waals surface area contributed by atoms with E-state index in [4.69, 9.17) is 4.74 Å². The normalized spacial score (nSPS) is 12.4. The molecule has 4 rings (SSSR count). The topological polar surface area (TPSA) is 73.2 Å². The fraction of sp³-hybridized carbons (Fsp3) is 0.192. The van der Waals surface area contributed by atoms with Crippen molar-refractivity contribution in [1.29, 1.82) is 0 Å². The molecule has 0 bridgehead atoms. The van der Waals surface area contributed by atoms with Crippen LogP contribution in [0.2, 0.25) is 0 Å². The molecule has 0 aliphatic rings. The van der Waals surface area contributed by atoms with Crippen molar-refractivity contribution in [2.24, 2.45) is 0 Å². The van der Waals surface area contributed by atoms with Gasteiger partial charge in [0.1, 0.15) is 11.6 Å². The van der Waals surface area contributed by atoms with E-state index >= 15 is 0 Å². The highest BCUT2D eigenvalue weighted by Crippen LogP contribution is 2.31. The first-order chi connectivity index (χ1) is 16.5. The summed E-state index contributed by atoms with van der Waals surface area (Å²) in [6, 6.07) is 16.5. The van der Waals surface area contributed by atoms with Crippen LogP contribution in [-0.2, 0) is 11.0 Å². The number of nitrogens with zero attached hydrogens (tertiary/aromatic N) is 2. The molecule has 0 aliphatic carbocycles. The number of fused-ring (bicyclic) bond motifs is 1. The molecule has 0 saturated heterocycles. The van der Waals surface area contributed by atoms with Gasteiger partial charge in [-0.2, -0.15) is 13.2 Å². The van der Waals surface area contributed by atoms with Crippen molar-refractivity contribution < 1.29 is 22.7 Å². The number of alkyl halides is 3. The Hall–Kier alpha value is -4.14. The lowest BCUT2D eigenvalue weighted by molar-refractivity contribution is -0.137. The summed E-state index contributed by atoms with van der Waals surface area (Å²) in [5, 5.41) is 3.22. The SMILES string of the molecule is Cc1cc(-n2c(C)nc3ccccc3c2=O)ccc1NC(=O)C(C)Oc1cccc(C(F)(F)F)c1. The first kappa shape index (κ1) is 24.0. The van der Waals surface area contributed by atoms with Crippen LogP contribution < -0.4 is 15.6 Å². The number of aryl methyl sites for hydroxylation is 2. The van der Waals surface area contributed by atoms with E-state index in [0.29, 0.717) is 33.7 Å². The predicted molar refractivity (Wildman–Crippen MR) is 127 cm³/mol. The number of carbonyl (C=O) groups is 1. The zero-order chi connectivity index (χ0) is 25.3. The predicted octanol–water partition coefficient (Wildman–Crippen LogP) is 5.43. The number of aromatic nitrogens is 2. The van der Waals surface area contributed by atoms with E-state index in [-0.39, 0.29) is 11.3 Å². The average molecular weight is 481 g/mol. The first-order valence-electron chi connectivity index (χ1n) is 10.8. The molecule has 1 unspecified atom stereocenters.